The number of hydrogen-bond acceptors (Lipinski definition) is 6. The maximum Gasteiger partial charge on any atom is 0.255 e. The van der Waals surface area contributed by atoms with Crippen LogP contribution in [0.1, 0.15) is 52.0 Å². The van der Waals surface area contributed by atoms with E-state index >= 15 is 0 Å². The number of amides is 4. The number of nitrogens with zero attached hydrogens (tertiary/aromatic N) is 4. The van der Waals surface area contributed by atoms with Crippen molar-refractivity contribution >= 4 is 52.5 Å². The van der Waals surface area contributed by atoms with E-state index in [0.717, 1.165) is 50.3 Å². The SMILES string of the molecule is O=C1CCC(N2Cc3cc(C(=O)N4CCC(N5CCN(c6cccc(Cl)c6Cl)CC5)CC4)ccc3C2=O)C(=O)N1. The summed E-state index contributed by atoms with van der Waals surface area (Å²) in [4.78, 5) is 58.4. The summed E-state index contributed by atoms with van der Waals surface area (Å²) >= 11 is 12.6. The van der Waals surface area contributed by atoms with Crippen molar-refractivity contribution in [3.8, 4) is 0 Å². The Morgan fingerprint density at radius 3 is 2.38 bits per heavy atom. The van der Waals surface area contributed by atoms with Crippen molar-refractivity contribution in [2.24, 2.45) is 0 Å². The first-order chi connectivity index (χ1) is 19.3. The summed E-state index contributed by atoms with van der Waals surface area (Å²) in [5.74, 6) is -1.02. The second-order valence-corrected chi connectivity index (χ2v) is 11.7. The van der Waals surface area contributed by atoms with E-state index in [-0.39, 0.29) is 30.7 Å². The number of nitrogens with one attached hydrogen (secondary N) is 1. The molecule has 1 unspecified atom stereocenters. The smallest absolute Gasteiger partial charge is 0.255 e. The van der Waals surface area contributed by atoms with Crippen LogP contribution in [-0.2, 0) is 16.1 Å². The molecule has 2 aromatic rings. The van der Waals surface area contributed by atoms with Crippen molar-refractivity contribution in [2.45, 2.75) is 44.3 Å². The van der Waals surface area contributed by atoms with Gasteiger partial charge in [0.2, 0.25) is 11.8 Å². The van der Waals surface area contributed by atoms with Gasteiger partial charge in [-0.3, -0.25) is 29.4 Å². The summed E-state index contributed by atoms with van der Waals surface area (Å²) in [5, 5.41) is 3.49. The Labute approximate surface area is 243 Å². The van der Waals surface area contributed by atoms with Gasteiger partial charge in [-0.2, -0.15) is 0 Å². The van der Waals surface area contributed by atoms with Gasteiger partial charge < -0.3 is 14.7 Å². The van der Waals surface area contributed by atoms with Gasteiger partial charge in [0, 0.05) is 69.4 Å². The topological polar surface area (TPSA) is 93.3 Å². The number of imide groups is 1. The molecular formula is C29H31Cl2N5O4. The van der Waals surface area contributed by atoms with Crippen LogP contribution in [0.3, 0.4) is 0 Å². The number of anilines is 1. The summed E-state index contributed by atoms with van der Waals surface area (Å²) < 4.78 is 0. The van der Waals surface area contributed by atoms with Gasteiger partial charge in [0.05, 0.1) is 15.7 Å². The highest BCUT2D eigenvalue weighted by Gasteiger charge is 2.39. The number of halogens is 2. The van der Waals surface area contributed by atoms with Gasteiger partial charge in [-0.05, 0) is 55.2 Å². The van der Waals surface area contributed by atoms with Crippen molar-refractivity contribution in [2.75, 3.05) is 44.2 Å². The minimum Gasteiger partial charge on any atom is -0.368 e. The van der Waals surface area contributed by atoms with Crippen molar-refractivity contribution < 1.29 is 19.2 Å². The molecule has 210 valence electrons. The minimum atomic E-state index is -0.667. The molecule has 0 saturated carbocycles. The highest BCUT2D eigenvalue weighted by molar-refractivity contribution is 6.43. The molecule has 6 rings (SSSR count). The second-order valence-electron chi connectivity index (χ2n) is 10.9. The average Bonchev–Trinajstić information content (AvgIpc) is 3.29. The summed E-state index contributed by atoms with van der Waals surface area (Å²) in [5.41, 5.74) is 2.79. The van der Waals surface area contributed by atoms with E-state index in [1.165, 1.54) is 4.90 Å². The summed E-state index contributed by atoms with van der Waals surface area (Å²) in [6.45, 7) is 5.25. The van der Waals surface area contributed by atoms with Crippen LogP contribution in [0, 0.1) is 0 Å². The highest BCUT2D eigenvalue weighted by atomic mass is 35.5. The molecule has 0 spiro atoms. The van der Waals surface area contributed by atoms with Crippen LogP contribution in [0.2, 0.25) is 10.0 Å². The van der Waals surface area contributed by atoms with Gasteiger partial charge in [0.15, 0.2) is 0 Å². The van der Waals surface area contributed by atoms with Crippen LogP contribution in [-0.4, -0.2) is 89.7 Å². The first-order valence-corrected chi connectivity index (χ1v) is 14.6. The minimum absolute atomic E-state index is 0.0337. The third kappa shape index (κ3) is 5.06. The Hall–Kier alpha value is -3.14. The number of likely N-dealkylation sites (tertiary alicyclic amines) is 1. The van der Waals surface area contributed by atoms with Crippen LogP contribution in [0.25, 0.3) is 0 Å². The molecule has 0 aromatic heterocycles. The van der Waals surface area contributed by atoms with E-state index in [0.29, 0.717) is 46.7 Å². The standard InChI is InChI=1S/C29H31Cl2N5O4/c30-22-2-1-3-23(26(22)31)34-14-12-33(13-15-34)20-8-10-35(11-9-20)28(39)18-4-5-21-19(16-18)17-36(29(21)40)24-6-7-25(37)32-27(24)38/h1-5,16,20,24H,6-15,17H2,(H,32,37,38). The number of fused-ring (bicyclic) bond motifs is 1. The number of carbonyl (C=O) groups is 4. The van der Waals surface area contributed by atoms with Crippen LogP contribution >= 0.6 is 23.2 Å². The molecule has 0 aliphatic carbocycles. The maximum absolute atomic E-state index is 13.4. The molecule has 4 amide bonds. The zero-order chi connectivity index (χ0) is 28.0. The molecule has 3 fully saturated rings. The number of piperazine rings is 1. The third-order valence-corrected chi connectivity index (χ3v) is 9.43. The molecule has 1 N–H and O–H groups in total. The van der Waals surface area contributed by atoms with Gasteiger partial charge in [-0.25, -0.2) is 0 Å². The van der Waals surface area contributed by atoms with Crippen molar-refractivity contribution in [3.63, 3.8) is 0 Å². The molecule has 3 saturated heterocycles. The third-order valence-electron chi connectivity index (χ3n) is 8.62. The zero-order valence-corrected chi connectivity index (χ0v) is 23.6. The van der Waals surface area contributed by atoms with Crippen molar-refractivity contribution in [1.82, 2.24) is 20.0 Å². The molecule has 11 heteroatoms. The van der Waals surface area contributed by atoms with E-state index in [1.54, 1.807) is 24.3 Å². The Morgan fingerprint density at radius 1 is 0.900 bits per heavy atom. The zero-order valence-electron chi connectivity index (χ0n) is 22.1. The molecular weight excluding hydrogens is 553 g/mol. The second kappa shape index (κ2) is 11.0. The lowest BCUT2D eigenvalue weighted by atomic mass is 10.00. The molecule has 4 aliphatic rings. The largest absolute Gasteiger partial charge is 0.368 e. The van der Waals surface area contributed by atoms with Crippen LogP contribution < -0.4 is 10.2 Å². The van der Waals surface area contributed by atoms with E-state index in [2.05, 4.69) is 15.1 Å². The van der Waals surface area contributed by atoms with E-state index in [4.69, 9.17) is 23.2 Å². The predicted octanol–water partition coefficient (Wildman–Crippen LogP) is 3.18. The Balaban J connectivity index is 1.03. The predicted molar refractivity (Wildman–Crippen MR) is 152 cm³/mol. The average molecular weight is 585 g/mol. The van der Waals surface area contributed by atoms with E-state index in [1.807, 2.05) is 17.0 Å². The normalized spacial score (nSPS) is 22.5. The molecule has 2 aromatic carbocycles. The van der Waals surface area contributed by atoms with Crippen LogP contribution in [0.15, 0.2) is 36.4 Å². The number of hydrogen-bond donors (Lipinski definition) is 1. The summed E-state index contributed by atoms with van der Waals surface area (Å²) in [6.07, 6.45) is 2.35. The van der Waals surface area contributed by atoms with E-state index in [9.17, 15) is 19.2 Å². The van der Waals surface area contributed by atoms with Crippen LogP contribution in [0.4, 0.5) is 5.69 Å². The molecule has 4 heterocycles. The fraction of sp³-hybridized carbons (Fsp3) is 0.448. The van der Waals surface area contributed by atoms with Gasteiger partial charge in [0.25, 0.3) is 11.8 Å². The maximum atomic E-state index is 13.4. The van der Waals surface area contributed by atoms with Gasteiger partial charge in [-0.1, -0.05) is 29.3 Å². The first-order valence-electron chi connectivity index (χ1n) is 13.8. The fourth-order valence-electron chi connectivity index (χ4n) is 6.39. The molecule has 40 heavy (non-hydrogen) atoms. The number of rotatable bonds is 4. The number of carbonyl (C=O) groups excluding carboxylic acids is 4. The molecule has 1 atom stereocenters. The summed E-state index contributed by atoms with van der Waals surface area (Å²) in [6, 6.07) is 10.7. The van der Waals surface area contributed by atoms with E-state index < -0.39 is 11.9 Å². The van der Waals surface area contributed by atoms with Crippen molar-refractivity contribution in [1.29, 1.82) is 0 Å². The molecule has 0 bridgehead atoms. The number of benzene rings is 2. The van der Waals surface area contributed by atoms with Crippen molar-refractivity contribution in [3.05, 3.63) is 63.1 Å². The van der Waals surface area contributed by atoms with Gasteiger partial charge in [-0.15, -0.1) is 0 Å². The monoisotopic (exact) mass is 583 g/mol. The molecule has 0 radical (unpaired) electrons. The van der Waals surface area contributed by atoms with Gasteiger partial charge in [0.1, 0.15) is 6.04 Å². The fourth-order valence-corrected chi connectivity index (χ4v) is 6.80. The van der Waals surface area contributed by atoms with Crippen LogP contribution in [0.5, 0.6) is 0 Å². The summed E-state index contributed by atoms with van der Waals surface area (Å²) in [7, 11) is 0. The highest BCUT2D eigenvalue weighted by Crippen LogP contribution is 2.34. The Morgan fingerprint density at radius 2 is 1.65 bits per heavy atom. The molecule has 9 nitrogen and oxygen atoms in total. The molecule has 4 aliphatic heterocycles. The lowest BCUT2D eigenvalue weighted by Crippen LogP contribution is -2.53. The number of piperidine rings is 2. The first kappa shape index (κ1) is 27.1. The quantitative estimate of drug-likeness (QED) is 0.556. The van der Waals surface area contributed by atoms with Gasteiger partial charge >= 0.3 is 0 Å². The lowest BCUT2D eigenvalue weighted by Gasteiger charge is -2.43. The lowest BCUT2D eigenvalue weighted by molar-refractivity contribution is -0.136. The Bertz CT molecular complexity index is 1370. The Kier molecular flexibility index (Phi) is 7.46.